The van der Waals surface area contributed by atoms with E-state index in [2.05, 4.69) is 4.98 Å². The zero-order chi connectivity index (χ0) is 21.8. The van der Waals surface area contributed by atoms with E-state index in [1.54, 1.807) is 17.3 Å². The quantitative estimate of drug-likeness (QED) is 0.562. The second-order valence-corrected chi connectivity index (χ2v) is 7.40. The summed E-state index contributed by atoms with van der Waals surface area (Å²) in [5, 5.41) is 2.82. The highest BCUT2D eigenvalue weighted by molar-refractivity contribution is 7.13. The Morgan fingerprint density at radius 1 is 1.10 bits per heavy atom. The van der Waals surface area contributed by atoms with Crippen LogP contribution in [0.2, 0.25) is 0 Å². The number of rotatable bonds is 5. The van der Waals surface area contributed by atoms with Gasteiger partial charge in [-0.2, -0.15) is 0 Å². The monoisotopic (exact) mass is 437 g/mol. The maximum absolute atomic E-state index is 12.5. The molecule has 31 heavy (non-hydrogen) atoms. The molecular formula is C22H19N3O5S. The van der Waals surface area contributed by atoms with Crippen LogP contribution in [0.3, 0.4) is 0 Å². The number of benzene rings is 1. The molecule has 8 nitrogen and oxygen atoms in total. The summed E-state index contributed by atoms with van der Waals surface area (Å²) < 4.78 is 15.3. The number of esters is 2. The van der Waals surface area contributed by atoms with Gasteiger partial charge in [0.25, 0.3) is 0 Å². The van der Waals surface area contributed by atoms with Gasteiger partial charge in [0.1, 0.15) is 17.4 Å². The molecule has 158 valence electrons. The van der Waals surface area contributed by atoms with Crippen LogP contribution >= 0.6 is 11.3 Å². The van der Waals surface area contributed by atoms with Crippen LogP contribution in [-0.4, -0.2) is 49.5 Å². The first-order chi connectivity index (χ1) is 15.1. The third-order valence-corrected chi connectivity index (χ3v) is 5.59. The van der Waals surface area contributed by atoms with Crippen molar-refractivity contribution >= 4 is 29.0 Å². The topological polar surface area (TPSA) is 90.9 Å². The standard InChI is InChI=1S/C22H19N3O5S/c1-28-21(26)17-11-30-13-25(19(17)22(27)29-2)16-7-3-5-14(9-16)18-12-31-20(24-18)15-6-4-8-23-10-15/h3-10,12H,11,13H2,1-2H3. The number of anilines is 1. The van der Waals surface area contributed by atoms with Crippen LogP contribution in [0, 0.1) is 0 Å². The Bertz CT molecular complexity index is 1140. The molecule has 4 rings (SSSR count). The van der Waals surface area contributed by atoms with E-state index in [-0.39, 0.29) is 24.6 Å². The van der Waals surface area contributed by atoms with E-state index in [0.717, 1.165) is 21.8 Å². The first-order valence-corrected chi connectivity index (χ1v) is 10.2. The fourth-order valence-corrected chi connectivity index (χ4v) is 4.03. The Morgan fingerprint density at radius 2 is 1.90 bits per heavy atom. The number of thiazole rings is 1. The minimum atomic E-state index is -0.637. The number of carbonyl (C=O) groups is 2. The van der Waals surface area contributed by atoms with Crippen molar-refractivity contribution < 1.29 is 23.8 Å². The number of hydrogen-bond acceptors (Lipinski definition) is 9. The van der Waals surface area contributed by atoms with Crippen LogP contribution in [0.5, 0.6) is 0 Å². The molecule has 9 heteroatoms. The van der Waals surface area contributed by atoms with Crippen LogP contribution in [0.1, 0.15) is 0 Å². The summed E-state index contributed by atoms with van der Waals surface area (Å²) in [6.45, 7) is 0.0558. The largest absolute Gasteiger partial charge is 0.466 e. The summed E-state index contributed by atoms with van der Waals surface area (Å²) in [5.41, 5.74) is 3.47. The highest BCUT2D eigenvalue weighted by Gasteiger charge is 2.32. The maximum Gasteiger partial charge on any atom is 0.355 e. The van der Waals surface area contributed by atoms with Gasteiger partial charge in [-0.25, -0.2) is 14.6 Å². The number of carbonyl (C=O) groups excluding carboxylic acids is 2. The van der Waals surface area contributed by atoms with Gasteiger partial charge in [0.15, 0.2) is 0 Å². The predicted molar refractivity (Wildman–Crippen MR) is 115 cm³/mol. The Kier molecular flexibility index (Phi) is 6.06. The van der Waals surface area contributed by atoms with Crippen molar-refractivity contribution in [1.82, 2.24) is 9.97 Å². The van der Waals surface area contributed by atoms with E-state index in [1.807, 2.05) is 41.8 Å². The van der Waals surface area contributed by atoms with Gasteiger partial charge in [0.05, 0.1) is 32.1 Å². The molecule has 0 fully saturated rings. The van der Waals surface area contributed by atoms with Crippen LogP contribution in [0.15, 0.2) is 65.4 Å². The van der Waals surface area contributed by atoms with Gasteiger partial charge < -0.3 is 19.1 Å². The van der Waals surface area contributed by atoms with E-state index in [0.29, 0.717) is 5.69 Å². The first kappa shape index (κ1) is 20.7. The van der Waals surface area contributed by atoms with E-state index in [4.69, 9.17) is 19.2 Å². The molecule has 0 unspecified atom stereocenters. The Balaban J connectivity index is 1.71. The molecular weight excluding hydrogens is 418 g/mol. The number of ether oxygens (including phenoxy) is 3. The molecule has 3 heterocycles. The van der Waals surface area contributed by atoms with Crippen molar-refractivity contribution in [1.29, 1.82) is 0 Å². The van der Waals surface area contributed by atoms with Crippen LogP contribution in [0.4, 0.5) is 5.69 Å². The lowest BCUT2D eigenvalue weighted by Gasteiger charge is -2.31. The summed E-state index contributed by atoms with van der Waals surface area (Å²) >= 11 is 1.52. The third-order valence-electron chi connectivity index (χ3n) is 4.70. The van der Waals surface area contributed by atoms with Crippen LogP contribution in [-0.2, 0) is 23.8 Å². The summed E-state index contributed by atoms with van der Waals surface area (Å²) in [7, 11) is 2.52. The molecule has 0 bridgehead atoms. The zero-order valence-electron chi connectivity index (χ0n) is 16.9. The Hall–Kier alpha value is -3.56. The molecule has 3 aromatic rings. The first-order valence-electron chi connectivity index (χ1n) is 9.33. The van der Waals surface area contributed by atoms with E-state index in [1.165, 1.54) is 25.6 Å². The van der Waals surface area contributed by atoms with Crippen LogP contribution < -0.4 is 4.90 Å². The van der Waals surface area contributed by atoms with Crippen molar-refractivity contribution in [2.75, 3.05) is 32.5 Å². The minimum absolute atomic E-state index is 0.0339. The molecule has 1 aliphatic heterocycles. The SMILES string of the molecule is COC(=O)C1=C(C(=O)OC)N(c2cccc(-c3csc(-c4cccnc4)n3)c2)COC1. The maximum atomic E-state index is 12.5. The molecule has 0 aliphatic carbocycles. The summed E-state index contributed by atoms with van der Waals surface area (Å²) in [5.74, 6) is -1.27. The van der Waals surface area contributed by atoms with Crippen molar-refractivity contribution in [3.63, 3.8) is 0 Å². The average Bonchev–Trinajstić information content (AvgIpc) is 3.33. The number of nitrogens with zero attached hydrogens (tertiary/aromatic N) is 3. The van der Waals surface area contributed by atoms with Crippen molar-refractivity contribution in [2.24, 2.45) is 0 Å². The number of aromatic nitrogens is 2. The average molecular weight is 437 g/mol. The van der Waals surface area contributed by atoms with E-state index >= 15 is 0 Å². The lowest BCUT2D eigenvalue weighted by molar-refractivity contribution is -0.140. The van der Waals surface area contributed by atoms with Gasteiger partial charge in [0, 0.05) is 34.6 Å². The molecule has 0 saturated carbocycles. The zero-order valence-corrected chi connectivity index (χ0v) is 17.7. The van der Waals surface area contributed by atoms with Gasteiger partial charge in [-0.05, 0) is 24.3 Å². The Labute approximate surface area is 182 Å². The normalized spacial score (nSPS) is 13.8. The molecule has 0 amide bonds. The molecule has 0 spiro atoms. The lowest BCUT2D eigenvalue weighted by atomic mass is 10.1. The van der Waals surface area contributed by atoms with E-state index in [9.17, 15) is 9.59 Å². The number of pyridine rings is 1. The van der Waals surface area contributed by atoms with Crippen molar-refractivity contribution in [3.8, 4) is 21.8 Å². The minimum Gasteiger partial charge on any atom is -0.466 e. The highest BCUT2D eigenvalue weighted by Crippen LogP contribution is 2.32. The third kappa shape index (κ3) is 4.18. The van der Waals surface area contributed by atoms with E-state index < -0.39 is 11.9 Å². The summed E-state index contributed by atoms with van der Waals surface area (Å²) in [6, 6.07) is 11.3. The smallest absolute Gasteiger partial charge is 0.355 e. The molecule has 2 aromatic heterocycles. The molecule has 1 aliphatic rings. The molecule has 1 aromatic carbocycles. The van der Waals surface area contributed by atoms with Crippen molar-refractivity contribution in [2.45, 2.75) is 0 Å². The van der Waals surface area contributed by atoms with Crippen molar-refractivity contribution in [3.05, 3.63) is 65.4 Å². The number of methoxy groups -OCH3 is 2. The second kappa shape index (κ2) is 9.07. The fourth-order valence-electron chi connectivity index (χ4n) is 3.21. The molecule has 0 radical (unpaired) electrons. The molecule has 0 N–H and O–H groups in total. The lowest BCUT2D eigenvalue weighted by Crippen LogP contribution is -2.38. The molecule has 0 saturated heterocycles. The molecule has 0 atom stereocenters. The van der Waals surface area contributed by atoms with Gasteiger partial charge in [0.2, 0.25) is 0 Å². The fraction of sp³-hybridized carbons (Fsp3) is 0.182. The Morgan fingerprint density at radius 3 is 2.65 bits per heavy atom. The predicted octanol–water partition coefficient (Wildman–Crippen LogP) is 3.27. The van der Waals surface area contributed by atoms with Gasteiger partial charge in [-0.15, -0.1) is 11.3 Å². The summed E-state index contributed by atoms with van der Waals surface area (Å²) in [4.78, 5) is 35.1. The summed E-state index contributed by atoms with van der Waals surface area (Å²) in [6.07, 6.45) is 3.49. The number of hydrogen-bond donors (Lipinski definition) is 0. The highest BCUT2D eigenvalue weighted by atomic mass is 32.1. The second-order valence-electron chi connectivity index (χ2n) is 6.55. The van der Waals surface area contributed by atoms with Gasteiger partial charge >= 0.3 is 11.9 Å². The van der Waals surface area contributed by atoms with Gasteiger partial charge in [-0.3, -0.25) is 4.98 Å². The van der Waals surface area contributed by atoms with Gasteiger partial charge in [-0.1, -0.05) is 12.1 Å². The van der Waals surface area contributed by atoms with Crippen LogP contribution in [0.25, 0.3) is 21.8 Å².